The van der Waals surface area contributed by atoms with Crippen molar-refractivity contribution >= 4 is 34.0 Å². The van der Waals surface area contributed by atoms with Crippen LogP contribution in [0.4, 0.5) is 5.69 Å². The van der Waals surface area contributed by atoms with Crippen molar-refractivity contribution in [1.82, 2.24) is 14.8 Å². The van der Waals surface area contributed by atoms with Crippen molar-refractivity contribution in [3.8, 4) is 5.69 Å². The number of rotatable bonds is 7. The van der Waals surface area contributed by atoms with Crippen LogP contribution in [0.25, 0.3) is 5.69 Å². The first-order chi connectivity index (χ1) is 11.1. The Labute approximate surface area is 142 Å². The van der Waals surface area contributed by atoms with Crippen LogP contribution in [0.3, 0.4) is 0 Å². The Kier molecular flexibility index (Phi) is 6.06. The van der Waals surface area contributed by atoms with E-state index in [9.17, 15) is 9.00 Å². The van der Waals surface area contributed by atoms with Crippen LogP contribution in [-0.4, -0.2) is 37.2 Å². The second kappa shape index (κ2) is 8.03. The molecule has 0 spiro atoms. The second-order valence-corrected chi connectivity index (χ2v) is 6.46. The van der Waals surface area contributed by atoms with E-state index in [2.05, 4.69) is 16.7 Å². The standard InChI is InChI=1S/C15H17ClN4O2S/c1-3-19(14(21)7-9-23(22)4-2)13-11-20(18-15(13)16)12-6-5-8-17-10-12/h4-6,8,10-11H,2-3,7,9H2,1H3. The molecule has 0 fully saturated rings. The Morgan fingerprint density at radius 3 is 2.96 bits per heavy atom. The van der Waals surface area contributed by atoms with Crippen LogP contribution in [0.15, 0.2) is 42.7 Å². The Morgan fingerprint density at radius 2 is 2.35 bits per heavy atom. The summed E-state index contributed by atoms with van der Waals surface area (Å²) in [5.74, 6) is 0.0862. The van der Waals surface area contributed by atoms with E-state index in [1.54, 1.807) is 29.3 Å². The number of hydrogen-bond acceptors (Lipinski definition) is 4. The summed E-state index contributed by atoms with van der Waals surface area (Å²) in [6.07, 6.45) is 5.15. The van der Waals surface area contributed by atoms with Gasteiger partial charge in [-0.25, -0.2) is 4.68 Å². The highest BCUT2D eigenvalue weighted by molar-refractivity contribution is 7.87. The van der Waals surface area contributed by atoms with E-state index < -0.39 is 10.8 Å². The van der Waals surface area contributed by atoms with Crippen molar-refractivity contribution < 1.29 is 9.00 Å². The molecule has 2 aromatic rings. The van der Waals surface area contributed by atoms with Crippen LogP contribution in [0, 0.1) is 0 Å². The molecule has 0 aliphatic heterocycles. The largest absolute Gasteiger partial charge is 0.308 e. The molecule has 6 nitrogen and oxygen atoms in total. The van der Waals surface area contributed by atoms with Crippen LogP contribution >= 0.6 is 11.6 Å². The Balaban J connectivity index is 2.21. The number of anilines is 1. The van der Waals surface area contributed by atoms with Gasteiger partial charge in [0.15, 0.2) is 5.15 Å². The van der Waals surface area contributed by atoms with Gasteiger partial charge in [0.1, 0.15) is 5.69 Å². The average molecular weight is 353 g/mol. The van der Waals surface area contributed by atoms with Crippen LogP contribution in [0.5, 0.6) is 0 Å². The quantitative estimate of drug-likeness (QED) is 0.768. The molecular formula is C15H17ClN4O2S. The SMILES string of the molecule is C=CS(=O)CCC(=O)N(CC)c1cn(-c2cccnc2)nc1Cl. The van der Waals surface area contributed by atoms with Gasteiger partial charge >= 0.3 is 0 Å². The minimum absolute atomic E-state index is 0.154. The van der Waals surface area contributed by atoms with Gasteiger partial charge in [0.05, 0.1) is 18.1 Å². The van der Waals surface area contributed by atoms with Crippen LogP contribution in [0.1, 0.15) is 13.3 Å². The molecule has 8 heteroatoms. The van der Waals surface area contributed by atoms with Crippen LogP contribution < -0.4 is 4.90 Å². The van der Waals surface area contributed by atoms with Crippen molar-refractivity contribution in [2.75, 3.05) is 17.2 Å². The van der Waals surface area contributed by atoms with E-state index in [0.717, 1.165) is 5.69 Å². The summed E-state index contributed by atoms with van der Waals surface area (Å²) in [4.78, 5) is 17.9. The van der Waals surface area contributed by atoms with Gasteiger partial charge in [0, 0.05) is 35.7 Å². The van der Waals surface area contributed by atoms with E-state index in [1.807, 2.05) is 13.0 Å². The lowest BCUT2D eigenvalue weighted by Crippen LogP contribution is -2.31. The maximum absolute atomic E-state index is 12.3. The summed E-state index contributed by atoms with van der Waals surface area (Å²) in [5, 5.41) is 5.78. The van der Waals surface area contributed by atoms with E-state index in [4.69, 9.17) is 11.6 Å². The summed E-state index contributed by atoms with van der Waals surface area (Å²) in [6.45, 7) is 5.74. The highest BCUT2D eigenvalue weighted by atomic mass is 35.5. The molecule has 0 bridgehead atoms. The zero-order valence-corrected chi connectivity index (χ0v) is 14.3. The Hall–Kier alpha value is -1.99. The predicted molar refractivity (Wildman–Crippen MR) is 92.2 cm³/mol. The molecule has 0 aromatic carbocycles. The summed E-state index contributed by atoms with van der Waals surface area (Å²) >= 11 is 6.18. The average Bonchev–Trinajstić information content (AvgIpc) is 2.96. The van der Waals surface area contributed by atoms with E-state index in [0.29, 0.717) is 12.2 Å². The van der Waals surface area contributed by atoms with Gasteiger partial charge in [-0.05, 0) is 24.5 Å². The van der Waals surface area contributed by atoms with Gasteiger partial charge < -0.3 is 4.90 Å². The molecule has 2 aromatic heterocycles. The molecule has 0 saturated carbocycles. The first-order valence-corrected chi connectivity index (χ1v) is 8.78. The van der Waals surface area contributed by atoms with Gasteiger partial charge in [-0.15, -0.1) is 0 Å². The maximum Gasteiger partial charge on any atom is 0.228 e. The van der Waals surface area contributed by atoms with Crippen molar-refractivity contribution in [2.45, 2.75) is 13.3 Å². The number of pyridine rings is 1. The first kappa shape index (κ1) is 17.4. The van der Waals surface area contributed by atoms with Gasteiger partial charge in [0.2, 0.25) is 5.91 Å². The number of nitrogens with zero attached hydrogens (tertiary/aromatic N) is 4. The normalized spacial score (nSPS) is 11.9. The van der Waals surface area contributed by atoms with Gasteiger partial charge in [-0.1, -0.05) is 18.2 Å². The minimum Gasteiger partial charge on any atom is -0.308 e. The molecule has 1 amide bonds. The first-order valence-electron chi connectivity index (χ1n) is 7.02. The third-order valence-corrected chi connectivity index (χ3v) is 4.42. The molecular weight excluding hydrogens is 336 g/mol. The fourth-order valence-electron chi connectivity index (χ4n) is 2.03. The van der Waals surface area contributed by atoms with E-state index >= 15 is 0 Å². The molecule has 23 heavy (non-hydrogen) atoms. The lowest BCUT2D eigenvalue weighted by atomic mass is 10.3. The summed E-state index contributed by atoms with van der Waals surface area (Å²) in [6, 6.07) is 3.63. The van der Waals surface area contributed by atoms with Crippen molar-refractivity contribution in [3.05, 3.63) is 47.9 Å². The molecule has 2 rings (SSSR count). The molecule has 0 saturated heterocycles. The number of carbonyl (C=O) groups excluding carboxylic acids is 1. The summed E-state index contributed by atoms with van der Waals surface area (Å²) in [7, 11) is -1.20. The fraction of sp³-hybridized carbons (Fsp3) is 0.267. The number of hydrogen-bond donors (Lipinski definition) is 0. The lowest BCUT2D eigenvalue weighted by Gasteiger charge is -2.19. The second-order valence-electron chi connectivity index (χ2n) is 4.60. The number of amides is 1. The highest BCUT2D eigenvalue weighted by Gasteiger charge is 2.20. The smallest absolute Gasteiger partial charge is 0.228 e. The van der Waals surface area contributed by atoms with Gasteiger partial charge in [0.25, 0.3) is 0 Å². The molecule has 0 N–H and O–H groups in total. The van der Waals surface area contributed by atoms with E-state index in [1.165, 1.54) is 10.3 Å². The molecule has 1 atom stereocenters. The molecule has 122 valence electrons. The fourth-order valence-corrected chi connectivity index (χ4v) is 2.81. The third kappa shape index (κ3) is 4.27. The van der Waals surface area contributed by atoms with Gasteiger partial charge in [-0.2, -0.15) is 5.10 Å². The highest BCUT2D eigenvalue weighted by Crippen LogP contribution is 2.26. The molecule has 1 unspecified atom stereocenters. The topological polar surface area (TPSA) is 68.1 Å². The monoisotopic (exact) mass is 352 g/mol. The predicted octanol–water partition coefficient (Wildman–Crippen LogP) is 2.56. The number of aromatic nitrogens is 3. The maximum atomic E-state index is 12.3. The number of carbonyl (C=O) groups is 1. The third-order valence-electron chi connectivity index (χ3n) is 3.17. The van der Waals surface area contributed by atoms with Crippen molar-refractivity contribution in [2.24, 2.45) is 0 Å². The molecule has 0 aliphatic rings. The van der Waals surface area contributed by atoms with E-state index in [-0.39, 0.29) is 23.2 Å². The Bertz CT molecular complexity index is 718. The summed E-state index contributed by atoms with van der Waals surface area (Å²) in [5.41, 5.74) is 1.27. The zero-order valence-electron chi connectivity index (χ0n) is 12.7. The summed E-state index contributed by atoms with van der Waals surface area (Å²) < 4.78 is 13.0. The zero-order chi connectivity index (χ0) is 16.8. The Morgan fingerprint density at radius 1 is 1.57 bits per heavy atom. The van der Waals surface area contributed by atoms with Crippen molar-refractivity contribution in [3.63, 3.8) is 0 Å². The van der Waals surface area contributed by atoms with Crippen LogP contribution in [-0.2, 0) is 15.6 Å². The molecule has 0 radical (unpaired) electrons. The minimum atomic E-state index is -1.20. The van der Waals surface area contributed by atoms with Crippen LogP contribution in [0.2, 0.25) is 5.15 Å². The number of halogens is 1. The van der Waals surface area contributed by atoms with Crippen molar-refractivity contribution in [1.29, 1.82) is 0 Å². The molecule has 0 aliphatic carbocycles. The van der Waals surface area contributed by atoms with Gasteiger partial charge in [-0.3, -0.25) is 14.0 Å². The molecule has 2 heterocycles. The lowest BCUT2D eigenvalue weighted by molar-refractivity contribution is -0.118.